The van der Waals surface area contributed by atoms with Gasteiger partial charge in [0.25, 0.3) is 0 Å². The Kier molecular flexibility index (Phi) is 3.96. The largest absolute Gasteiger partial charge is 0.468 e. The van der Waals surface area contributed by atoms with E-state index in [-0.39, 0.29) is 11.7 Å². The van der Waals surface area contributed by atoms with E-state index in [2.05, 4.69) is 30.6 Å². The number of hydrogen-bond donors (Lipinski definition) is 0. The number of carbonyl (C=O) groups excluding carboxylic acids is 1. The molecule has 0 aliphatic rings. The van der Waals surface area contributed by atoms with Crippen LogP contribution in [0.1, 0.15) is 0 Å². The Labute approximate surface area is 111 Å². The fraction of sp³-hybridized carbons (Fsp3) is 0.182. The van der Waals surface area contributed by atoms with E-state index in [1.807, 2.05) is 18.2 Å². The molecule has 0 saturated carbocycles. The number of carbonyl (C=O) groups is 1. The molecule has 0 amide bonds. The second-order valence-corrected chi connectivity index (χ2v) is 5.08. The fourth-order valence-corrected chi connectivity index (χ4v) is 2.48. The number of hydrogen-bond acceptors (Lipinski definition) is 5. The number of thioether (sulfide) groups is 1. The van der Waals surface area contributed by atoms with Crippen LogP contribution in [0, 0.1) is 0 Å². The maximum absolute atomic E-state index is 11.1. The van der Waals surface area contributed by atoms with Crippen molar-refractivity contribution < 1.29 is 9.53 Å². The Hall–Kier alpha value is -1.14. The first-order chi connectivity index (χ1) is 8.20. The minimum atomic E-state index is -0.267. The Balaban J connectivity index is 2.33. The van der Waals surface area contributed by atoms with Crippen LogP contribution >= 0.6 is 27.7 Å². The van der Waals surface area contributed by atoms with Gasteiger partial charge in [0.15, 0.2) is 0 Å². The van der Waals surface area contributed by atoms with Crippen LogP contribution in [0.15, 0.2) is 34.0 Å². The summed E-state index contributed by atoms with van der Waals surface area (Å²) in [6, 6.07) is 5.77. The summed E-state index contributed by atoms with van der Waals surface area (Å²) in [5.41, 5.74) is 0.857. The lowest BCUT2D eigenvalue weighted by Gasteiger charge is -2.04. The number of aromatic nitrogens is 2. The third-order valence-corrected chi connectivity index (χ3v) is 3.59. The molecule has 0 N–H and O–H groups in total. The van der Waals surface area contributed by atoms with E-state index in [9.17, 15) is 4.79 Å². The van der Waals surface area contributed by atoms with Crippen LogP contribution in [0.25, 0.3) is 10.9 Å². The lowest BCUT2D eigenvalue weighted by molar-refractivity contribution is -0.137. The third-order valence-electron chi connectivity index (χ3n) is 2.12. The molecule has 0 aliphatic heterocycles. The highest BCUT2D eigenvalue weighted by molar-refractivity contribution is 9.10. The molecular formula is C11H9BrN2O2S. The molecule has 2 rings (SSSR count). The normalized spacial score (nSPS) is 10.5. The van der Waals surface area contributed by atoms with Gasteiger partial charge in [0.1, 0.15) is 11.4 Å². The molecule has 0 bridgehead atoms. The van der Waals surface area contributed by atoms with Crippen molar-refractivity contribution in [2.45, 2.75) is 5.03 Å². The average Bonchev–Trinajstić information content (AvgIpc) is 2.35. The first-order valence-corrected chi connectivity index (χ1v) is 6.58. The monoisotopic (exact) mass is 312 g/mol. The first-order valence-electron chi connectivity index (χ1n) is 4.80. The van der Waals surface area contributed by atoms with Crippen molar-refractivity contribution in [3.05, 3.63) is 29.0 Å². The minimum Gasteiger partial charge on any atom is -0.468 e. The van der Waals surface area contributed by atoms with Crippen LogP contribution < -0.4 is 0 Å². The second kappa shape index (κ2) is 5.46. The predicted molar refractivity (Wildman–Crippen MR) is 70.0 cm³/mol. The van der Waals surface area contributed by atoms with Crippen molar-refractivity contribution in [3.8, 4) is 0 Å². The molecule has 0 atom stereocenters. The van der Waals surface area contributed by atoms with Crippen LogP contribution in [0.4, 0.5) is 0 Å². The van der Waals surface area contributed by atoms with Gasteiger partial charge in [-0.15, -0.1) is 0 Å². The van der Waals surface area contributed by atoms with Gasteiger partial charge in [-0.2, -0.15) is 0 Å². The Morgan fingerprint density at radius 1 is 1.47 bits per heavy atom. The number of esters is 1. The number of benzene rings is 1. The number of methoxy groups -OCH3 is 1. The van der Waals surface area contributed by atoms with Crippen LogP contribution in [0.3, 0.4) is 0 Å². The zero-order valence-corrected chi connectivity index (χ0v) is 11.4. The van der Waals surface area contributed by atoms with Gasteiger partial charge in [0, 0.05) is 9.86 Å². The van der Waals surface area contributed by atoms with Crippen molar-refractivity contribution in [1.29, 1.82) is 0 Å². The topological polar surface area (TPSA) is 52.1 Å². The summed E-state index contributed by atoms with van der Waals surface area (Å²) in [4.78, 5) is 19.4. The second-order valence-electron chi connectivity index (χ2n) is 3.21. The number of nitrogens with zero attached hydrogens (tertiary/aromatic N) is 2. The van der Waals surface area contributed by atoms with Crippen molar-refractivity contribution in [1.82, 2.24) is 9.97 Å². The molecule has 1 heterocycles. The summed E-state index contributed by atoms with van der Waals surface area (Å²) < 4.78 is 5.55. The van der Waals surface area contributed by atoms with E-state index in [1.54, 1.807) is 0 Å². The molecule has 0 spiro atoms. The zero-order valence-electron chi connectivity index (χ0n) is 9.01. The molecule has 88 valence electrons. The fourth-order valence-electron chi connectivity index (χ4n) is 1.31. The summed E-state index contributed by atoms with van der Waals surface area (Å²) in [5.74, 6) is -0.0217. The molecule has 0 saturated heterocycles. The summed E-state index contributed by atoms with van der Waals surface area (Å²) in [5, 5.41) is 1.71. The standard InChI is InChI=1S/C11H9BrN2O2S/c1-16-10(15)5-17-11-8-4-7(12)2-3-9(8)13-6-14-11/h2-4,6H,5H2,1H3. The SMILES string of the molecule is COC(=O)CSc1ncnc2ccc(Br)cc12. The van der Waals surface area contributed by atoms with E-state index in [0.717, 1.165) is 20.4 Å². The average molecular weight is 313 g/mol. The Morgan fingerprint density at radius 2 is 2.29 bits per heavy atom. The maximum atomic E-state index is 11.1. The molecular weight excluding hydrogens is 304 g/mol. The van der Waals surface area contributed by atoms with Gasteiger partial charge in [-0.05, 0) is 18.2 Å². The number of ether oxygens (including phenoxy) is 1. The van der Waals surface area contributed by atoms with E-state index in [1.165, 1.54) is 25.2 Å². The van der Waals surface area contributed by atoms with Gasteiger partial charge in [0.2, 0.25) is 0 Å². The summed E-state index contributed by atoms with van der Waals surface area (Å²) in [6.45, 7) is 0. The van der Waals surface area contributed by atoms with Crippen LogP contribution in [0.2, 0.25) is 0 Å². The van der Waals surface area contributed by atoms with Crippen LogP contribution in [0.5, 0.6) is 0 Å². The van der Waals surface area contributed by atoms with Gasteiger partial charge >= 0.3 is 5.97 Å². The van der Waals surface area contributed by atoms with Crippen molar-refractivity contribution in [3.63, 3.8) is 0 Å². The lowest BCUT2D eigenvalue weighted by atomic mass is 10.2. The van der Waals surface area contributed by atoms with Crippen LogP contribution in [-0.4, -0.2) is 28.8 Å². The van der Waals surface area contributed by atoms with Crippen molar-refractivity contribution in [2.24, 2.45) is 0 Å². The lowest BCUT2D eigenvalue weighted by Crippen LogP contribution is -2.03. The smallest absolute Gasteiger partial charge is 0.316 e. The van der Waals surface area contributed by atoms with Crippen molar-refractivity contribution in [2.75, 3.05) is 12.9 Å². The zero-order chi connectivity index (χ0) is 12.3. The van der Waals surface area contributed by atoms with Gasteiger partial charge < -0.3 is 4.74 Å². The van der Waals surface area contributed by atoms with Gasteiger partial charge in [-0.1, -0.05) is 27.7 Å². The van der Waals surface area contributed by atoms with E-state index < -0.39 is 0 Å². The number of rotatable bonds is 3. The predicted octanol–water partition coefficient (Wildman–Crippen LogP) is 2.66. The van der Waals surface area contributed by atoms with Gasteiger partial charge in [0.05, 0.1) is 18.4 Å². The van der Waals surface area contributed by atoms with E-state index >= 15 is 0 Å². The molecule has 1 aromatic heterocycles. The molecule has 0 fully saturated rings. The molecule has 2 aromatic rings. The van der Waals surface area contributed by atoms with E-state index in [4.69, 9.17) is 0 Å². The number of halogens is 1. The number of fused-ring (bicyclic) bond motifs is 1. The van der Waals surface area contributed by atoms with Crippen LogP contribution in [-0.2, 0) is 9.53 Å². The van der Waals surface area contributed by atoms with Gasteiger partial charge in [-0.3, -0.25) is 4.79 Å². The van der Waals surface area contributed by atoms with Crippen molar-refractivity contribution >= 4 is 44.6 Å². The molecule has 0 radical (unpaired) electrons. The quantitative estimate of drug-likeness (QED) is 0.495. The maximum Gasteiger partial charge on any atom is 0.316 e. The minimum absolute atomic E-state index is 0.245. The Bertz CT molecular complexity index is 562. The third kappa shape index (κ3) is 2.95. The summed E-state index contributed by atoms with van der Waals surface area (Å²) in [6.07, 6.45) is 1.50. The molecule has 17 heavy (non-hydrogen) atoms. The summed E-state index contributed by atoms with van der Waals surface area (Å²) in [7, 11) is 1.37. The van der Waals surface area contributed by atoms with Gasteiger partial charge in [-0.25, -0.2) is 9.97 Å². The highest BCUT2D eigenvalue weighted by atomic mass is 79.9. The molecule has 1 aromatic carbocycles. The highest BCUT2D eigenvalue weighted by Crippen LogP contribution is 2.26. The first kappa shape index (κ1) is 12.3. The van der Waals surface area contributed by atoms with E-state index in [0.29, 0.717) is 0 Å². The molecule has 0 unspecified atom stereocenters. The molecule has 6 heteroatoms. The highest BCUT2D eigenvalue weighted by Gasteiger charge is 2.08. The molecule has 0 aliphatic carbocycles. The summed E-state index contributed by atoms with van der Waals surface area (Å²) >= 11 is 4.75. The molecule has 4 nitrogen and oxygen atoms in total. The Morgan fingerprint density at radius 3 is 3.06 bits per heavy atom.